The zero-order valence-corrected chi connectivity index (χ0v) is 27.9. The Morgan fingerprint density at radius 1 is 0.778 bits per heavy atom. The Kier molecular flexibility index (Phi) is 12.8. The molecule has 0 radical (unpaired) electrons. The van der Waals surface area contributed by atoms with Crippen molar-refractivity contribution in [1.29, 1.82) is 0 Å². The molecule has 0 bridgehead atoms. The predicted molar refractivity (Wildman–Crippen MR) is 111 cm³/mol. The van der Waals surface area contributed by atoms with Gasteiger partial charge < -0.3 is 24.7 Å². The van der Waals surface area contributed by atoms with Crippen LogP contribution in [0.25, 0.3) is 10.8 Å². The van der Waals surface area contributed by atoms with Crippen molar-refractivity contribution in [3.8, 4) is 0 Å². The average molecular weight is 582 g/mol. The number of rotatable bonds is 5. The number of carbonyl (C=O) groups excluding carboxylic acids is 1. The smallest absolute Gasteiger partial charge is 0.744 e. The van der Waals surface area contributed by atoms with Gasteiger partial charge in [-0.25, -0.2) is 25.3 Å². The van der Waals surface area contributed by atoms with Crippen LogP contribution in [0.2, 0.25) is 0 Å². The van der Waals surface area contributed by atoms with Gasteiger partial charge in [-0.1, -0.05) is 6.07 Å². The summed E-state index contributed by atoms with van der Waals surface area (Å²) in [6.45, 7) is 1.71. The van der Waals surface area contributed by atoms with Crippen LogP contribution in [0.3, 0.4) is 0 Å². The van der Waals surface area contributed by atoms with Gasteiger partial charge >= 0.3 is 88.7 Å². The molecule has 3 rings (SSSR count). The van der Waals surface area contributed by atoms with Crippen LogP contribution in [0.15, 0.2) is 57.2 Å². The third kappa shape index (κ3) is 7.97. The zero-order chi connectivity index (χ0) is 24.9. The molecule has 0 unspecified atom stereocenters. The van der Waals surface area contributed by atoms with E-state index in [1.54, 1.807) is 13.0 Å². The Bertz CT molecular complexity index is 1660. The molecule has 0 spiro atoms. The van der Waals surface area contributed by atoms with Gasteiger partial charge in [0.1, 0.15) is 30.4 Å². The molecule has 12 nitrogen and oxygen atoms in total. The SMILES string of the molecule is Cc1ccc(C(=O)Nc2ccc(S(=O)(=O)[O-])c3cc(S(=O)(=O)[O-])cc(S(=O)(=O)[O-])c23)c(N)c1.[Na+].[Na+].[Na+]. The van der Waals surface area contributed by atoms with Gasteiger partial charge in [0.25, 0.3) is 5.91 Å². The van der Waals surface area contributed by atoms with Crippen LogP contribution >= 0.6 is 0 Å². The number of nitrogens with two attached hydrogens (primary N) is 1. The molecule has 3 aromatic rings. The zero-order valence-electron chi connectivity index (χ0n) is 19.4. The second kappa shape index (κ2) is 12.8. The largest absolute Gasteiger partial charge is 1.00 e. The molecule has 0 fully saturated rings. The number of nitrogens with one attached hydrogen (secondary N) is 1. The van der Waals surface area contributed by atoms with E-state index in [4.69, 9.17) is 5.73 Å². The summed E-state index contributed by atoms with van der Waals surface area (Å²) in [6, 6.07) is 6.55. The van der Waals surface area contributed by atoms with Crippen molar-refractivity contribution in [3.63, 3.8) is 0 Å². The number of hydrogen-bond acceptors (Lipinski definition) is 11. The quantitative estimate of drug-likeness (QED) is 0.163. The maximum absolute atomic E-state index is 12.7. The fourth-order valence-corrected chi connectivity index (χ4v) is 5.14. The minimum atomic E-state index is -5.54. The van der Waals surface area contributed by atoms with E-state index in [0.29, 0.717) is 12.1 Å². The molecular weight excluding hydrogens is 569 g/mol. The first kappa shape index (κ1) is 35.9. The van der Waals surface area contributed by atoms with E-state index >= 15 is 0 Å². The number of nitrogen functional groups attached to an aromatic ring is 1. The van der Waals surface area contributed by atoms with Crippen LogP contribution in [-0.4, -0.2) is 44.8 Å². The van der Waals surface area contributed by atoms with Gasteiger partial charge in [-0.15, -0.1) is 0 Å². The summed E-state index contributed by atoms with van der Waals surface area (Å²) in [5, 5.41) is 0.639. The Balaban J connectivity index is 0.00000408. The third-order valence-corrected chi connectivity index (χ3v) is 7.11. The summed E-state index contributed by atoms with van der Waals surface area (Å²) in [4.78, 5) is 9.01. The first-order valence-electron chi connectivity index (χ1n) is 8.66. The molecule has 0 atom stereocenters. The molecule has 0 aliphatic carbocycles. The third-order valence-electron chi connectivity index (χ3n) is 4.54. The van der Waals surface area contributed by atoms with Crippen molar-refractivity contribution in [2.24, 2.45) is 0 Å². The first-order valence-corrected chi connectivity index (χ1v) is 12.9. The molecule has 176 valence electrons. The van der Waals surface area contributed by atoms with Crippen molar-refractivity contribution in [3.05, 3.63) is 53.6 Å². The molecule has 0 heterocycles. The van der Waals surface area contributed by atoms with Crippen molar-refractivity contribution in [1.82, 2.24) is 0 Å². The molecule has 0 aliphatic heterocycles. The topological polar surface area (TPSA) is 227 Å². The first-order chi connectivity index (χ1) is 15.0. The molecule has 3 aromatic carbocycles. The molecule has 3 N–H and O–H groups in total. The number of anilines is 2. The second-order valence-corrected chi connectivity index (χ2v) is 10.9. The van der Waals surface area contributed by atoms with Crippen LogP contribution in [0.5, 0.6) is 0 Å². The normalized spacial score (nSPS) is 11.6. The molecule has 0 aliphatic rings. The standard InChI is InChI=1S/C18H16N2O10S3.3Na/c1-9-2-3-11(13(19)6-9)18(21)20-14-4-5-15(32(25,26)27)12-7-10(31(22,23)24)8-16(17(12)14)33(28,29)30;;;/h2-8H,19H2,1H3,(H,20,21)(H,22,23,24)(H,25,26,27)(H,28,29,30);;;/q;3*+1/p-3. The van der Waals surface area contributed by atoms with Gasteiger partial charge in [0.15, 0.2) is 0 Å². The van der Waals surface area contributed by atoms with Crippen molar-refractivity contribution in [2.45, 2.75) is 21.6 Å². The average Bonchev–Trinajstić information content (AvgIpc) is 2.64. The summed E-state index contributed by atoms with van der Waals surface area (Å²) in [5.74, 6) is -0.888. The van der Waals surface area contributed by atoms with Gasteiger partial charge in [0.2, 0.25) is 0 Å². The Morgan fingerprint density at radius 2 is 1.33 bits per heavy atom. The van der Waals surface area contributed by atoms with E-state index in [1.807, 2.05) is 0 Å². The van der Waals surface area contributed by atoms with Gasteiger partial charge in [-0.05, 0) is 48.9 Å². The van der Waals surface area contributed by atoms with Gasteiger partial charge in [-0.3, -0.25) is 4.79 Å². The predicted octanol–water partition coefficient (Wildman–Crippen LogP) is -8.29. The van der Waals surface area contributed by atoms with Crippen molar-refractivity contribution in [2.75, 3.05) is 11.1 Å². The summed E-state index contributed by atoms with van der Waals surface area (Å²) in [6.07, 6.45) is 0. The van der Waals surface area contributed by atoms with Gasteiger partial charge in [0.05, 0.1) is 25.9 Å². The maximum Gasteiger partial charge on any atom is 1.00 e. The van der Waals surface area contributed by atoms with Crippen LogP contribution in [-0.2, 0) is 30.4 Å². The van der Waals surface area contributed by atoms with E-state index in [1.165, 1.54) is 12.1 Å². The van der Waals surface area contributed by atoms with Crippen molar-refractivity contribution < 1.29 is 132 Å². The molecule has 1 amide bonds. The van der Waals surface area contributed by atoms with Crippen LogP contribution in [0.4, 0.5) is 11.4 Å². The summed E-state index contributed by atoms with van der Waals surface area (Å²) >= 11 is 0. The molecule has 18 heteroatoms. The van der Waals surface area contributed by atoms with Crippen LogP contribution in [0.1, 0.15) is 15.9 Å². The molecule has 0 aromatic heterocycles. The minimum absolute atomic E-state index is 0. The van der Waals surface area contributed by atoms with E-state index in [0.717, 1.165) is 11.6 Å². The number of aryl methyl sites for hydroxylation is 1. The van der Waals surface area contributed by atoms with Crippen LogP contribution < -0.4 is 99.7 Å². The number of amides is 1. The van der Waals surface area contributed by atoms with Gasteiger partial charge in [-0.2, -0.15) is 0 Å². The Morgan fingerprint density at radius 3 is 1.81 bits per heavy atom. The maximum atomic E-state index is 12.7. The summed E-state index contributed by atoms with van der Waals surface area (Å²) in [5.41, 5.74) is 6.08. The fourth-order valence-electron chi connectivity index (χ4n) is 3.14. The molecule has 0 saturated carbocycles. The Labute approximate surface area is 273 Å². The van der Waals surface area contributed by atoms with Crippen LogP contribution in [0, 0.1) is 6.92 Å². The number of hydrogen-bond donors (Lipinski definition) is 2. The Hall–Kier alpha value is -0.0800. The second-order valence-electron chi connectivity index (χ2n) is 6.86. The number of carbonyl (C=O) groups is 1. The molecule has 0 saturated heterocycles. The fraction of sp³-hybridized carbons (Fsp3) is 0.0556. The van der Waals surface area contributed by atoms with E-state index in [9.17, 15) is 43.7 Å². The van der Waals surface area contributed by atoms with E-state index < -0.39 is 67.4 Å². The summed E-state index contributed by atoms with van der Waals surface area (Å²) < 4.78 is 105. The molecule has 36 heavy (non-hydrogen) atoms. The number of fused-ring (bicyclic) bond motifs is 1. The summed E-state index contributed by atoms with van der Waals surface area (Å²) in [7, 11) is -16.3. The van der Waals surface area contributed by atoms with Crippen molar-refractivity contribution >= 4 is 58.4 Å². The van der Waals surface area contributed by atoms with E-state index in [2.05, 4.69) is 5.32 Å². The minimum Gasteiger partial charge on any atom is -0.744 e. The molecular formula is C18H13N2Na3O10S3. The van der Waals surface area contributed by atoms with E-state index in [-0.39, 0.29) is 106 Å². The number of benzene rings is 3. The van der Waals surface area contributed by atoms with Gasteiger partial charge in [0, 0.05) is 16.5 Å². The monoisotopic (exact) mass is 582 g/mol.